The van der Waals surface area contributed by atoms with Gasteiger partial charge in [0.1, 0.15) is 11.6 Å². The molecular weight excluding hydrogens is 244 g/mol. The second-order valence-electron chi connectivity index (χ2n) is 4.27. The summed E-state index contributed by atoms with van der Waals surface area (Å²) in [5.41, 5.74) is 7.35. The molecule has 2 aromatic rings. The van der Waals surface area contributed by atoms with Crippen molar-refractivity contribution in [2.45, 2.75) is 12.8 Å². The monoisotopic (exact) mass is 256 g/mol. The second-order valence-corrected chi connectivity index (χ2v) is 4.27. The van der Waals surface area contributed by atoms with E-state index in [1.165, 1.54) is 0 Å². The minimum absolute atomic E-state index is 0.0468. The maximum Gasteiger partial charge on any atom is 0.238 e. The highest BCUT2D eigenvalue weighted by Gasteiger charge is 2.15. The van der Waals surface area contributed by atoms with Crippen LogP contribution in [-0.4, -0.2) is 16.1 Å². The van der Waals surface area contributed by atoms with Gasteiger partial charge in [-0.3, -0.25) is 4.79 Å². The molecule has 6 heteroatoms. The fourth-order valence-electron chi connectivity index (χ4n) is 1.93. The first-order valence-corrected chi connectivity index (χ1v) is 5.90. The number of rotatable bonds is 2. The second kappa shape index (κ2) is 4.56. The van der Waals surface area contributed by atoms with E-state index in [0.717, 1.165) is 11.3 Å². The maximum absolute atomic E-state index is 11.3. The molecule has 0 saturated carbocycles. The number of nitrogens with zero attached hydrogens (tertiary/aromatic N) is 2. The van der Waals surface area contributed by atoms with Crippen LogP contribution in [0.1, 0.15) is 12.0 Å². The van der Waals surface area contributed by atoms with E-state index in [4.69, 9.17) is 10.5 Å². The first-order chi connectivity index (χ1) is 9.20. The van der Waals surface area contributed by atoms with Crippen molar-refractivity contribution < 1.29 is 9.53 Å². The molecule has 1 aliphatic heterocycles. The third-order valence-electron chi connectivity index (χ3n) is 2.86. The van der Waals surface area contributed by atoms with Gasteiger partial charge in [-0.1, -0.05) is 0 Å². The van der Waals surface area contributed by atoms with Crippen LogP contribution in [0.5, 0.6) is 11.6 Å². The van der Waals surface area contributed by atoms with Crippen LogP contribution in [0, 0.1) is 0 Å². The molecule has 0 saturated heterocycles. The molecule has 0 unspecified atom stereocenters. The number of amides is 1. The van der Waals surface area contributed by atoms with Gasteiger partial charge in [0, 0.05) is 18.2 Å². The van der Waals surface area contributed by atoms with Crippen LogP contribution >= 0.6 is 0 Å². The summed E-state index contributed by atoms with van der Waals surface area (Å²) in [6.45, 7) is 0. The number of nitrogens with one attached hydrogen (secondary N) is 1. The van der Waals surface area contributed by atoms with Crippen LogP contribution in [0.2, 0.25) is 0 Å². The van der Waals surface area contributed by atoms with Crippen molar-refractivity contribution >= 4 is 17.4 Å². The predicted octanol–water partition coefficient (Wildman–Crippen LogP) is 1.74. The van der Waals surface area contributed by atoms with E-state index in [2.05, 4.69) is 15.5 Å². The number of carbonyl (C=O) groups excluding carboxylic acids is 1. The number of nitrogens with two attached hydrogens (primary N) is 1. The summed E-state index contributed by atoms with van der Waals surface area (Å²) in [4.78, 5) is 11.3. The molecule has 0 bridgehead atoms. The molecule has 0 fully saturated rings. The summed E-state index contributed by atoms with van der Waals surface area (Å²) in [5.74, 6) is 1.44. The molecule has 6 nitrogen and oxygen atoms in total. The Bertz CT molecular complexity index is 625. The summed E-state index contributed by atoms with van der Waals surface area (Å²) >= 11 is 0. The zero-order chi connectivity index (χ0) is 13.2. The van der Waals surface area contributed by atoms with Gasteiger partial charge in [0.2, 0.25) is 11.8 Å². The maximum atomic E-state index is 11.3. The molecule has 1 aromatic heterocycles. The molecule has 3 rings (SSSR count). The van der Waals surface area contributed by atoms with Gasteiger partial charge >= 0.3 is 0 Å². The van der Waals surface area contributed by atoms with Crippen molar-refractivity contribution in [3.8, 4) is 11.6 Å². The Balaban J connectivity index is 1.82. The topological polar surface area (TPSA) is 90.1 Å². The minimum atomic E-state index is 0.0468. The Morgan fingerprint density at radius 2 is 2.05 bits per heavy atom. The first-order valence-electron chi connectivity index (χ1n) is 5.90. The lowest BCUT2D eigenvalue weighted by Gasteiger charge is -2.17. The Kier molecular flexibility index (Phi) is 2.75. The van der Waals surface area contributed by atoms with E-state index in [0.29, 0.717) is 30.3 Å². The van der Waals surface area contributed by atoms with E-state index < -0.39 is 0 Å². The fraction of sp³-hybridized carbons (Fsp3) is 0.154. The number of aryl methyl sites for hydroxylation is 1. The number of hydrogen-bond acceptors (Lipinski definition) is 5. The number of anilines is 2. The number of carbonyl (C=O) groups is 1. The van der Waals surface area contributed by atoms with E-state index in [-0.39, 0.29) is 5.91 Å². The molecule has 0 radical (unpaired) electrons. The summed E-state index contributed by atoms with van der Waals surface area (Å²) in [6, 6.07) is 8.78. The molecule has 3 N–H and O–H groups in total. The van der Waals surface area contributed by atoms with E-state index in [1.807, 2.05) is 12.1 Å². The van der Waals surface area contributed by atoms with Crippen molar-refractivity contribution in [2.24, 2.45) is 0 Å². The Labute approximate surface area is 109 Å². The van der Waals surface area contributed by atoms with Crippen LogP contribution in [-0.2, 0) is 11.2 Å². The van der Waals surface area contributed by atoms with Gasteiger partial charge in [0.05, 0.1) is 0 Å². The average molecular weight is 256 g/mol. The molecule has 2 heterocycles. The molecule has 0 aliphatic carbocycles. The van der Waals surface area contributed by atoms with Gasteiger partial charge < -0.3 is 15.8 Å². The van der Waals surface area contributed by atoms with Gasteiger partial charge in [0.15, 0.2) is 0 Å². The molecule has 0 spiro atoms. The molecule has 19 heavy (non-hydrogen) atoms. The predicted molar refractivity (Wildman–Crippen MR) is 69.9 cm³/mol. The SMILES string of the molecule is Nc1ccc(Oc2ccc3c(c2)CCC(=O)N3)nn1. The van der Waals surface area contributed by atoms with Crippen molar-refractivity contribution in [1.29, 1.82) is 0 Å². The number of hydrogen-bond donors (Lipinski definition) is 2. The zero-order valence-corrected chi connectivity index (χ0v) is 10.1. The number of nitrogen functional groups attached to an aromatic ring is 1. The quantitative estimate of drug-likeness (QED) is 0.854. The van der Waals surface area contributed by atoms with Crippen molar-refractivity contribution in [3.05, 3.63) is 35.9 Å². The van der Waals surface area contributed by atoms with Crippen molar-refractivity contribution in [1.82, 2.24) is 10.2 Å². The van der Waals surface area contributed by atoms with E-state index >= 15 is 0 Å². The Morgan fingerprint density at radius 3 is 2.84 bits per heavy atom. The number of aromatic nitrogens is 2. The Hall–Kier alpha value is -2.63. The third-order valence-corrected chi connectivity index (χ3v) is 2.86. The van der Waals surface area contributed by atoms with Gasteiger partial charge in [-0.25, -0.2) is 0 Å². The number of fused-ring (bicyclic) bond motifs is 1. The summed E-state index contributed by atoms with van der Waals surface area (Å²) in [5, 5.41) is 10.4. The molecule has 96 valence electrons. The first kappa shape index (κ1) is 11.5. The van der Waals surface area contributed by atoms with Gasteiger partial charge in [-0.2, -0.15) is 0 Å². The van der Waals surface area contributed by atoms with Crippen LogP contribution in [0.15, 0.2) is 30.3 Å². The molecule has 1 aliphatic rings. The smallest absolute Gasteiger partial charge is 0.238 e. The summed E-state index contributed by atoms with van der Waals surface area (Å²) < 4.78 is 5.58. The number of benzene rings is 1. The summed E-state index contributed by atoms with van der Waals surface area (Å²) in [6.07, 6.45) is 1.21. The molecule has 1 amide bonds. The fourth-order valence-corrected chi connectivity index (χ4v) is 1.93. The lowest BCUT2D eigenvalue weighted by molar-refractivity contribution is -0.116. The van der Waals surface area contributed by atoms with E-state index in [9.17, 15) is 4.79 Å². The highest BCUT2D eigenvalue weighted by atomic mass is 16.5. The lowest BCUT2D eigenvalue weighted by atomic mass is 10.0. The van der Waals surface area contributed by atoms with Gasteiger partial charge in [-0.05, 0) is 36.2 Å². The number of ether oxygens (including phenoxy) is 1. The third kappa shape index (κ3) is 2.47. The average Bonchev–Trinajstić information content (AvgIpc) is 2.42. The van der Waals surface area contributed by atoms with E-state index in [1.54, 1.807) is 18.2 Å². The van der Waals surface area contributed by atoms with Gasteiger partial charge in [0.25, 0.3) is 0 Å². The zero-order valence-electron chi connectivity index (χ0n) is 10.1. The van der Waals surface area contributed by atoms with Crippen molar-refractivity contribution in [3.63, 3.8) is 0 Å². The van der Waals surface area contributed by atoms with Crippen molar-refractivity contribution in [2.75, 3.05) is 11.1 Å². The molecule has 0 atom stereocenters. The van der Waals surface area contributed by atoms with Gasteiger partial charge in [-0.15, -0.1) is 10.2 Å². The largest absolute Gasteiger partial charge is 0.438 e. The molecular formula is C13H12N4O2. The summed E-state index contributed by atoms with van der Waals surface area (Å²) in [7, 11) is 0. The Morgan fingerprint density at radius 1 is 1.16 bits per heavy atom. The van der Waals surface area contributed by atoms with Crippen LogP contribution in [0.3, 0.4) is 0 Å². The minimum Gasteiger partial charge on any atom is -0.438 e. The molecule has 1 aromatic carbocycles. The normalized spacial score (nSPS) is 13.6. The highest BCUT2D eigenvalue weighted by Crippen LogP contribution is 2.28. The highest BCUT2D eigenvalue weighted by molar-refractivity contribution is 5.94. The lowest BCUT2D eigenvalue weighted by Crippen LogP contribution is -2.18. The van der Waals surface area contributed by atoms with Crippen LogP contribution in [0.4, 0.5) is 11.5 Å². The van der Waals surface area contributed by atoms with Crippen LogP contribution in [0.25, 0.3) is 0 Å². The standard InChI is InChI=1S/C13H12N4O2/c14-11-4-6-13(17-16-11)19-9-2-3-10-8(7-9)1-5-12(18)15-10/h2-4,6-7H,1,5H2,(H2,14,16)(H,15,18). The van der Waals surface area contributed by atoms with Crippen LogP contribution < -0.4 is 15.8 Å².